The van der Waals surface area contributed by atoms with Crippen LogP contribution in [0.1, 0.15) is 15.9 Å². The third-order valence-corrected chi connectivity index (χ3v) is 4.72. The van der Waals surface area contributed by atoms with E-state index in [1.807, 2.05) is 0 Å². The molecule has 0 radical (unpaired) electrons. The fraction of sp³-hybridized carbons (Fsp3) is 0.300. The Bertz CT molecular complexity index is 1170. The number of rotatable bonds is 7. The Kier molecular flexibility index (Phi) is 8.10. The maximum absolute atomic E-state index is 14.3. The van der Waals surface area contributed by atoms with Gasteiger partial charge in [-0.1, -0.05) is 11.6 Å². The fourth-order valence-corrected chi connectivity index (χ4v) is 2.74. The van der Waals surface area contributed by atoms with E-state index >= 15 is 0 Å². The van der Waals surface area contributed by atoms with Gasteiger partial charge in [0.1, 0.15) is 0 Å². The van der Waals surface area contributed by atoms with Crippen LogP contribution in [-0.2, 0) is 9.53 Å². The molecule has 2 N–H and O–H groups in total. The summed E-state index contributed by atoms with van der Waals surface area (Å²) in [6.07, 6.45) is -21.2. The number of aryl methyl sites for hydroxylation is 1. The van der Waals surface area contributed by atoms with Gasteiger partial charge in [-0.15, -0.1) is 0 Å². The summed E-state index contributed by atoms with van der Waals surface area (Å²) in [4.78, 5) is 24.1. The summed E-state index contributed by atoms with van der Waals surface area (Å²) in [6, 6.07) is 7.51. The number of hydrogen-bond acceptors (Lipinski definition) is 3. The highest BCUT2D eigenvalue weighted by Crippen LogP contribution is 2.51. The molecule has 0 saturated carbocycles. The van der Waals surface area contributed by atoms with Crippen molar-refractivity contribution >= 4 is 34.8 Å². The molecule has 0 heterocycles. The quantitative estimate of drug-likeness (QED) is 0.356. The SMILES string of the molecule is Cc1cc(Cl)ccc1NC(=O)c1ccc(NC(=O)[C@@](F)(OC(F)(F)C(F)(F)C(F)(F)F)C(F)(F)F)cc1. The first-order valence-electron chi connectivity index (χ1n) is 9.39. The van der Waals surface area contributed by atoms with E-state index in [0.717, 1.165) is 17.4 Å². The second-order valence-electron chi connectivity index (χ2n) is 7.23. The molecule has 0 aromatic heterocycles. The molecule has 1 atom stereocenters. The number of amides is 2. The zero-order chi connectivity index (χ0) is 28.6. The first-order chi connectivity index (χ1) is 16.6. The van der Waals surface area contributed by atoms with Crippen LogP contribution in [0.2, 0.25) is 5.02 Å². The molecule has 0 aliphatic rings. The topological polar surface area (TPSA) is 67.4 Å². The van der Waals surface area contributed by atoms with Crippen molar-refractivity contribution < 1.29 is 62.6 Å². The second-order valence-corrected chi connectivity index (χ2v) is 7.67. The number of halogens is 12. The Morgan fingerprint density at radius 3 is 1.78 bits per heavy atom. The summed E-state index contributed by atoms with van der Waals surface area (Å²) in [6.45, 7) is 1.60. The van der Waals surface area contributed by atoms with Crippen molar-refractivity contribution in [2.24, 2.45) is 0 Å². The van der Waals surface area contributed by atoms with Crippen molar-refractivity contribution in [2.45, 2.75) is 37.2 Å². The van der Waals surface area contributed by atoms with Gasteiger partial charge in [0.05, 0.1) is 0 Å². The van der Waals surface area contributed by atoms with Gasteiger partial charge in [-0.2, -0.15) is 48.3 Å². The number of hydrogen-bond donors (Lipinski definition) is 2. The molecule has 0 fully saturated rings. The van der Waals surface area contributed by atoms with Gasteiger partial charge >= 0.3 is 30.2 Å². The fourth-order valence-electron chi connectivity index (χ4n) is 2.52. The summed E-state index contributed by atoms with van der Waals surface area (Å²) in [5, 5.41) is 3.88. The molecular weight excluding hydrogens is 561 g/mol. The van der Waals surface area contributed by atoms with E-state index < -0.39 is 47.7 Å². The molecule has 5 nitrogen and oxygen atoms in total. The number of alkyl halides is 11. The lowest BCUT2D eigenvalue weighted by Gasteiger charge is -2.34. The van der Waals surface area contributed by atoms with E-state index in [1.54, 1.807) is 6.92 Å². The van der Waals surface area contributed by atoms with Gasteiger partial charge < -0.3 is 10.6 Å². The van der Waals surface area contributed by atoms with E-state index in [-0.39, 0.29) is 5.56 Å². The zero-order valence-electron chi connectivity index (χ0n) is 17.8. The van der Waals surface area contributed by atoms with Crippen LogP contribution >= 0.6 is 11.6 Å². The highest BCUT2D eigenvalue weighted by atomic mass is 35.5. The van der Waals surface area contributed by atoms with Crippen molar-refractivity contribution in [3.05, 3.63) is 58.6 Å². The van der Waals surface area contributed by atoms with Crippen LogP contribution < -0.4 is 10.6 Å². The van der Waals surface area contributed by atoms with Gasteiger partial charge in [-0.3, -0.25) is 14.3 Å². The highest BCUT2D eigenvalue weighted by Gasteiger charge is 2.79. The minimum Gasteiger partial charge on any atom is -0.322 e. The molecule has 0 aliphatic carbocycles. The summed E-state index contributed by atoms with van der Waals surface area (Å²) in [5.74, 6) is -17.6. The summed E-state index contributed by atoms with van der Waals surface area (Å²) >= 11 is 5.79. The molecule has 0 unspecified atom stereocenters. The van der Waals surface area contributed by atoms with Crippen molar-refractivity contribution in [3.8, 4) is 0 Å². The number of ether oxygens (including phenoxy) is 1. The largest absolute Gasteiger partial charge is 0.462 e. The minimum atomic E-state index is -7.31. The third-order valence-electron chi connectivity index (χ3n) is 4.49. The molecule has 2 amide bonds. The van der Waals surface area contributed by atoms with Gasteiger partial charge in [0.25, 0.3) is 11.8 Å². The monoisotopic (exact) mass is 572 g/mol. The maximum Gasteiger partial charge on any atom is 0.462 e. The third kappa shape index (κ3) is 6.23. The van der Waals surface area contributed by atoms with Crippen LogP contribution in [0.4, 0.5) is 59.7 Å². The number of carbonyl (C=O) groups is 2. The first-order valence-corrected chi connectivity index (χ1v) is 9.77. The van der Waals surface area contributed by atoms with Gasteiger partial charge in [0.15, 0.2) is 0 Å². The Morgan fingerprint density at radius 2 is 1.32 bits per heavy atom. The lowest BCUT2D eigenvalue weighted by molar-refractivity contribution is -0.472. The van der Waals surface area contributed by atoms with Crippen LogP contribution in [-0.4, -0.2) is 42.1 Å². The Balaban J connectivity index is 2.25. The van der Waals surface area contributed by atoms with E-state index in [0.29, 0.717) is 28.4 Å². The van der Waals surface area contributed by atoms with Crippen molar-refractivity contribution in [2.75, 3.05) is 10.6 Å². The smallest absolute Gasteiger partial charge is 0.322 e. The molecule has 0 saturated heterocycles. The predicted octanol–water partition coefficient (Wildman–Crippen LogP) is 6.87. The molecule has 2 aromatic rings. The summed E-state index contributed by atoms with van der Waals surface area (Å²) in [5.41, 5.74) is -0.121. The summed E-state index contributed by atoms with van der Waals surface area (Å²) < 4.78 is 145. The van der Waals surface area contributed by atoms with Gasteiger partial charge in [-0.25, -0.2) is 0 Å². The van der Waals surface area contributed by atoms with E-state index in [2.05, 4.69) is 10.1 Å². The number of nitrogens with one attached hydrogen (secondary N) is 2. The normalized spacial score (nSPS) is 14.6. The van der Waals surface area contributed by atoms with Crippen LogP contribution in [0, 0.1) is 6.92 Å². The average molecular weight is 573 g/mol. The Morgan fingerprint density at radius 1 is 0.784 bits per heavy atom. The molecule has 2 aromatic carbocycles. The molecule has 204 valence electrons. The van der Waals surface area contributed by atoms with Crippen LogP contribution in [0.5, 0.6) is 0 Å². The maximum atomic E-state index is 14.3. The minimum absolute atomic E-state index is 0.178. The van der Waals surface area contributed by atoms with E-state index in [4.69, 9.17) is 11.6 Å². The van der Waals surface area contributed by atoms with Gasteiger partial charge in [-0.05, 0) is 55.0 Å². The lowest BCUT2D eigenvalue weighted by Crippen LogP contribution is -2.62. The van der Waals surface area contributed by atoms with Crippen molar-refractivity contribution in [3.63, 3.8) is 0 Å². The van der Waals surface area contributed by atoms with Crippen LogP contribution in [0.25, 0.3) is 0 Å². The second kappa shape index (κ2) is 9.96. The molecular formula is C20H12ClF11N2O3. The van der Waals surface area contributed by atoms with Crippen LogP contribution in [0.3, 0.4) is 0 Å². The standard InChI is InChI=1S/C20H12ClF11N2O3/c1-9-8-11(21)4-7-13(9)34-14(35)10-2-5-12(6-3-10)33-15(36)16(22,18(25,26)27)37-20(31,32)17(23,24)19(28,29)30/h2-8H,1H3,(H,33,36)(H,34,35)/t16-/m1/s1. The van der Waals surface area contributed by atoms with Crippen molar-refractivity contribution in [1.29, 1.82) is 0 Å². The summed E-state index contributed by atoms with van der Waals surface area (Å²) in [7, 11) is 0. The molecule has 0 aliphatic heterocycles. The molecule has 37 heavy (non-hydrogen) atoms. The predicted molar refractivity (Wildman–Crippen MR) is 106 cm³/mol. The molecule has 2 rings (SSSR count). The number of carbonyl (C=O) groups excluding carboxylic acids is 2. The Labute approximate surface area is 204 Å². The number of benzene rings is 2. The highest BCUT2D eigenvalue weighted by molar-refractivity contribution is 6.30. The van der Waals surface area contributed by atoms with Gasteiger partial charge in [0.2, 0.25) is 0 Å². The van der Waals surface area contributed by atoms with Crippen molar-refractivity contribution in [1.82, 2.24) is 0 Å². The van der Waals surface area contributed by atoms with E-state index in [9.17, 15) is 57.9 Å². The first kappa shape index (κ1) is 30.1. The molecule has 0 spiro atoms. The zero-order valence-corrected chi connectivity index (χ0v) is 18.6. The van der Waals surface area contributed by atoms with Crippen LogP contribution in [0.15, 0.2) is 42.5 Å². The lowest BCUT2D eigenvalue weighted by atomic mass is 10.1. The van der Waals surface area contributed by atoms with Gasteiger partial charge in [0, 0.05) is 22.0 Å². The van der Waals surface area contributed by atoms with E-state index in [1.165, 1.54) is 18.2 Å². The molecule has 0 bridgehead atoms. The average Bonchev–Trinajstić information content (AvgIpc) is 2.74. The Hall–Kier alpha value is -3.14. The number of anilines is 2. The molecule has 17 heteroatoms.